The second kappa shape index (κ2) is 6.24. The highest BCUT2D eigenvalue weighted by Gasteiger charge is 2.08. The van der Waals surface area contributed by atoms with Gasteiger partial charge in [-0.3, -0.25) is 9.71 Å². The van der Waals surface area contributed by atoms with Crippen molar-refractivity contribution < 1.29 is 8.42 Å². The monoisotopic (exact) mass is 441 g/mol. The lowest BCUT2D eigenvalue weighted by Crippen LogP contribution is -2.09. The first-order valence-electron chi connectivity index (χ1n) is 6.51. The molecule has 0 radical (unpaired) electrons. The molecule has 23 heavy (non-hydrogen) atoms. The number of pyridine rings is 1. The topological polar surface area (TPSA) is 96.9 Å². The number of sulfonamides is 1. The third-order valence-electron chi connectivity index (χ3n) is 3.10. The van der Waals surface area contributed by atoms with Crippen LogP contribution in [0.25, 0.3) is 22.0 Å². The van der Waals surface area contributed by atoms with Gasteiger partial charge in [0.15, 0.2) is 0 Å². The van der Waals surface area contributed by atoms with Crippen LogP contribution in [0.5, 0.6) is 0 Å². The molecule has 7 nitrogen and oxygen atoms in total. The van der Waals surface area contributed by atoms with Crippen LogP contribution in [0.1, 0.15) is 0 Å². The fourth-order valence-corrected chi connectivity index (χ4v) is 3.15. The van der Waals surface area contributed by atoms with Gasteiger partial charge in [-0.15, -0.1) is 0 Å². The predicted molar refractivity (Wildman–Crippen MR) is 98.9 cm³/mol. The smallest absolute Gasteiger partial charge is 0.229 e. The second-order valence-electron chi connectivity index (χ2n) is 4.89. The minimum absolute atomic E-state index is 0.418. The summed E-state index contributed by atoms with van der Waals surface area (Å²) in [6, 6.07) is 7.47. The normalized spacial score (nSPS) is 11.4. The van der Waals surface area contributed by atoms with E-state index in [4.69, 9.17) is 0 Å². The summed E-state index contributed by atoms with van der Waals surface area (Å²) in [6.07, 6.45) is 5.74. The maximum Gasteiger partial charge on any atom is 0.229 e. The molecule has 0 amide bonds. The van der Waals surface area contributed by atoms with Crippen LogP contribution in [0, 0.1) is 0 Å². The standard InChI is InChI=1S/C14H12IN5O2S/c1-23(21,22)20-11-4-10(6-16-7-11)9-2-3-13-12(5-9)14(19-15)18-8-17-13/h2-8,20H,1H3,(H,17,18,19). The summed E-state index contributed by atoms with van der Waals surface area (Å²) in [5, 5.41) is 0.876. The van der Waals surface area contributed by atoms with E-state index in [1.165, 1.54) is 12.5 Å². The number of hydrogen-bond donors (Lipinski definition) is 2. The zero-order valence-electron chi connectivity index (χ0n) is 12.0. The SMILES string of the molecule is CS(=O)(=O)Nc1cncc(-c2ccc3ncnc(NI)c3c2)c1. The van der Waals surface area contributed by atoms with Crippen molar-refractivity contribution in [2.75, 3.05) is 14.5 Å². The van der Waals surface area contributed by atoms with Crippen molar-refractivity contribution in [3.8, 4) is 11.1 Å². The maximum absolute atomic E-state index is 11.3. The van der Waals surface area contributed by atoms with Crippen molar-refractivity contribution in [3.63, 3.8) is 0 Å². The van der Waals surface area contributed by atoms with E-state index in [9.17, 15) is 8.42 Å². The molecule has 2 N–H and O–H groups in total. The number of aromatic nitrogens is 3. The van der Waals surface area contributed by atoms with Gasteiger partial charge in [-0.2, -0.15) is 0 Å². The van der Waals surface area contributed by atoms with Crippen molar-refractivity contribution in [1.29, 1.82) is 0 Å². The molecular weight excluding hydrogens is 429 g/mol. The van der Waals surface area contributed by atoms with E-state index in [-0.39, 0.29) is 0 Å². The number of nitrogens with one attached hydrogen (secondary N) is 2. The minimum Gasteiger partial charge on any atom is -0.312 e. The van der Waals surface area contributed by atoms with Crippen molar-refractivity contribution in [3.05, 3.63) is 43.0 Å². The zero-order valence-corrected chi connectivity index (χ0v) is 15.0. The van der Waals surface area contributed by atoms with E-state index in [1.807, 2.05) is 41.1 Å². The molecule has 0 spiro atoms. The summed E-state index contributed by atoms with van der Waals surface area (Å²) in [5.74, 6) is 0.718. The number of hydrogen-bond acceptors (Lipinski definition) is 6. The lowest BCUT2D eigenvalue weighted by molar-refractivity contribution is 0.607. The maximum atomic E-state index is 11.3. The number of anilines is 2. The van der Waals surface area contributed by atoms with Gasteiger partial charge in [-0.25, -0.2) is 18.4 Å². The Bertz CT molecular complexity index is 978. The molecule has 118 valence electrons. The molecule has 0 aliphatic carbocycles. The first-order valence-corrected chi connectivity index (χ1v) is 9.48. The number of benzene rings is 1. The first kappa shape index (κ1) is 15.9. The van der Waals surface area contributed by atoms with Gasteiger partial charge in [-0.05, 0) is 23.8 Å². The largest absolute Gasteiger partial charge is 0.312 e. The molecule has 0 unspecified atom stereocenters. The van der Waals surface area contributed by atoms with E-state index in [2.05, 4.69) is 23.2 Å². The van der Waals surface area contributed by atoms with Gasteiger partial charge in [0, 0.05) is 17.1 Å². The average molecular weight is 441 g/mol. The fraction of sp³-hybridized carbons (Fsp3) is 0.0714. The Morgan fingerprint density at radius 3 is 2.65 bits per heavy atom. The number of halogens is 1. The molecule has 9 heteroatoms. The third kappa shape index (κ3) is 3.67. The summed E-state index contributed by atoms with van der Waals surface area (Å²) in [6.45, 7) is 0. The van der Waals surface area contributed by atoms with E-state index in [0.717, 1.165) is 34.1 Å². The van der Waals surface area contributed by atoms with Crippen LogP contribution in [0.4, 0.5) is 11.5 Å². The van der Waals surface area contributed by atoms with Crippen molar-refractivity contribution in [2.24, 2.45) is 0 Å². The summed E-state index contributed by atoms with van der Waals surface area (Å²) >= 11 is 2.02. The Morgan fingerprint density at radius 2 is 1.91 bits per heavy atom. The molecule has 3 rings (SSSR count). The summed E-state index contributed by atoms with van der Waals surface area (Å²) in [7, 11) is -3.34. The highest BCUT2D eigenvalue weighted by molar-refractivity contribution is 14.1. The van der Waals surface area contributed by atoms with Gasteiger partial charge < -0.3 is 3.53 Å². The van der Waals surface area contributed by atoms with E-state index >= 15 is 0 Å². The van der Waals surface area contributed by atoms with Crippen molar-refractivity contribution in [1.82, 2.24) is 15.0 Å². The van der Waals surface area contributed by atoms with Crippen LogP contribution < -0.4 is 8.25 Å². The van der Waals surface area contributed by atoms with E-state index < -0.39 is 10.0 Å². The first-order chi connectivity index (χ1) is 11.0. The van der Waals surface area contributed by atoms with Crippen LogP contribution in [-0.2, 0) is 10.0 Å². The Hall–Kier alpha value is -2.01. The Kier molecular flexibility index (Phi) is 4.31. The van der Waals surface area contributed by atoms with E-state index in [1.54, 1.807) is 12.3 Å². The Balaban J connectivity index is 2.08. The Labute approximate surface area is 147 Å². The second-order valence-corrected chi connectivity index (χ2v) is 7.17. The quantitative estimate of drug-likeness (QED) is 0.478. The molecule has 0 atom stereocenters. The summed E-state index contributed by atoms with van der Waals surface area (Å²) in [5.41, 5.74) is 2.93. The zero-order chi connectivity index (χ0) is 16.4. The lowest BCUT2D eigenvalue weighted by Gasteiger charge is -2.08. The van der Waals surface area contributed by atoms with Crippen LogP contribution in [-0.4, -0.2) is 29.6 Å². The minimum atomic E-state index is -3.34. The average Bonchev–Trinajstić information content (AvgIpc) is 2.52. The van der Waals surface area contributed by atoms with Crippen LogP contribution in [0.15, 0.2) is 43.0 Å². The molecule has 0 bridgehead atoms. The van der Waals surface area contributed by atoms with Gasteiger partial charge in [0.05, 0.1) is 46.5 Å². The number of fused-ring (bicyclic) bond motifs is 1. The van der Waals surface area contributed by atoms with Crippen molar-refractivity contribution >= 4 is 55.3 Å². The molecule has 0 aliphatic heterocycles. The lowest BCUT2D eigenvalue weighted by atomic mass is 10.0. The van der Waals surface area contributed by atoms with Gasteiger partial charge in [0.1, 0.15) is 12.1 Å². The molecule has 2 heterocycles. The van der Waals surface area contributed by atoms with Gasteiger partial charge in [-0.1, -0.05) is 6.07 Å². The highest BCUT2D eigenvalue weighted by atomic mass is 127. The number of rotatable bonds is 4. The molecule has 0 saturated heterocycles. The molecular formula is C14H12IN5O2S. The summed E-state index contributed by atoms with van der Waals surface area (Å²) < 4.78 is 28.1. The van der Waals surface area contributed by atoms with Crippen molar-refractivity contribution in [2.45, 2.75) is 0 Å². The molecule has 1 aromatic carbocycles. The van der Waals surface area contributed by atoms with E-state index in [0.29, 0.717) is 5.69 Å². The molecule has 2 aromatic heterocycles. The molecule has 3 aromatic rings. The van der Waals surface area contributed by atoms with Crippen LogP contribution in [0.3, 0.4) is 0 Å². The van der Waals surface area contributed by atoms with Gasteiger partial charge in [0.2, 0.25) is 10.0 Å². The molecule has 0 saturated carbocycles. The predicted octanol–water partition coefficient (Wildman–Crippen LogP) is 2.83. The van der Waals surface area contributed by atoms with Gasteiger partial charge in [0.25, 0.3) is 0 Å². The third-order valence-corrected chi connectivity index (χ3v) is 4.22. The fourth-order valence-electron chi connectivity index (χ4n) is 2.18. The molecule has 0 fully saturated rings. The van der Waals surface area contributed by atoms with Crippen LogP contribution >= 0.6 is 22.9 Å². The number of nitrogens with zero attached hydrogens (tertiary/aromatic N) is 3. The Morgan fingerprint density at radius 1 is 1.09 bits per heavy atom. The van der Waals surface area contributed by atoms with Crippen LogP contribution in [0.2, 0.25) is 0 Å². The summed E-state index contributed by atoms with van der Waals surface area (Å²) in [4.78, 5) is 12.5. The highest BCUT2D eigenvalue weighted by Crippen LogP contribution is 2.28. The van der Waals surface area contributed by atoms with Gasteiger partial charge >= 0.3 is 0 Å². The molecule has 0 aliphatic rings.